The Bertz CT molecular complexity index is 1690. The maximum Gasteiger partial charge on any atom is 0.306 e. The van der Waals surface area contributed by atoms with Gasteiger partial charge in [0.25, 0.3) is 0 Å². The molecule has 0 amide bonds. The topological polar surface area (TPSA) is 72.9 Å². The Morgan fingerprint density at radius 1 is 0.679 bits per heavy atom. The predicted molar refractivity (Wildman–Crippen MR) is 221 cm³/mol. The van der Waals surface area contributed by atoms with Gasteiger partial charge in [-0.05, 0) is 108 Å². The lowest BCUT2D eigenvalue weighted by molar-refractivity contribution is -0.156. The molecule has 0 aromatic rings. The summed E-state index contributed by atoms with van der Waals surface area (Å²) in [6.07, 6.45) is 29.8. The van der Waals surface area contributed by atoms with E-state index in [1.165, 1.54) is 0 Å². The van der Waals surface area contributed by atoms with Crippen molar-refractivity contribution < 1.29 is 23.9 Å². The number of hydrogen-bond donors (Lipinski definition) is 0. The molecule has 0 saturated heterocycles. The van der Waals surface area contributed by atoms with E-state index < -0.39 is 6.10 Å². The van der Waals surface area contributed by atoms with Crippen molar-refractivity contribution in [2.75, 3.05) is 27.7 Å². The SMILES string of the molecule is COC1CC(C)(C)C(/C=C/C(C)=C/C=C/C(C)=C/C=C/C=C(C)/C=C/C=C(C)/C=C/C2=C(C)C(=O)C(OC(=O)CCCN(C)C)CC2(C)C)=C(C)C1=O. The Balaban J connectivity index is 1.96. The molecule has 53 heavy (non-hydrogen) atoms. The van der Waals surface area contributed by atoms with E-state index in [4.69, 9.17) is 9.47 Å². The van der Waals surface area contributed by atoms with Gasteiger partial charge in [-0.3, -0.25) is 14.4 Å². The summed E-state index contributed by atoms with van der Waals surface area (Å²) in [6, 6.07) is 0. The van der Waals surface area contributed by atoms with Crippen molar-refractivity contribution in [3.05, 3.63) is 130 Å². The van der Waals surface area contributed by atoms with Crippen molar-refractivity contribution in [2.24, 2.45) is 10.8 Å². The first-order valence-electron chi connectivity index (χ1n) is 18.7. The van der Waals surface area contributed by atoms with E-state index in [0.29, 0.717) is 31.3 Å². The van der Waals surface area contributed by atoms with E-state index in [1.54, 1.807) is 7.11 Å². The molecule has 2 atom stereocenters. The van der Waals surface area contributed by atoms with Gasteiger partial charge in [0.05, 0.1) is 0 Å². The highest BCUT2D eigenvalue weighted by molar-refractivity contribution is 6.02. The molecule has 2 aliphatic carbocycles. The van der Waals surface area contributed by atoms with Gasteiger partial charge in [0, 0.05) is 20.0 Å². The lowest BCUT2D eigenvalue weighted by atomic mass is 9.71. The molecule has 0 radical (unpaired) electrons. The molecule has 0 fully saturated rings. The smallest absolute Gasteiger partial charge is 0.306 e. The monoisotopic (exact) mass is 723 g/mol. The van der Waals surface area contributed by atoms with E-state index in [2.05, 4.69) is 91.0 Å². The molecule has 0 bridgehead atoms. The van der Waals surface area contributed by atoms with Gasteiger partial charge in [-0.1, -0.05) is 135 Å². The molecule has 288 valence electrons. The summed E-state index contributed by atoms with van der Waals surface area (Å²) in [7, 11) is 5.54. The number of ketones is 2. The molecule has 2 rings (SSSR count). The molecule has 0 N–H and O–H groups in total. The number of carbonyl (C=O) groups excluding carboxylic acids is 3. The summed E-state index contributed by atoms with van der Waals surface area (Å²) >= 11 is 0. The average Bonchev–Trinajstić information content (AvgIpc) is 3.06. The number of allylic oxidation sites excluding steroid dienone is 20. The fourth-order valence-electron chi connectivity index (χ4n) is 6.61. The summed E-state index contributed by atoms with van der Waals surface area (Å²) in [5.74, 6) is -0.336. The number of ether oxygens (including phenoxy) is 2. The normalized spacial score (nSPS) is 22.4. The number of nitrogens with zero attached hydrogens (tertiary/aromatic N) is 1. The van der Waals surface area contributed by atoms with Crippen LogP contribution in [0.2, 0.25) is 0 Å². The van der Waals surface area contributed by atoms with Crippen LogP contribution in [0.5, 0.6) is 0 Å². The van der Waals surface area contributed by atoms with Crippen LogP contribution in [0, 0.1) is 10.8 Å². The quantitative estimate of drug-likeness (QED) is 0.117. The lowest BCUT2D eigenvalue weighted by Crippen LogP contribution is -2.39. The highest BCUT2D eigenvalue weighted by Crippen LogP contribution is 2.42. The molecule has 0 aromatic carbocycles. The van der Waals surface area contributed by atoms with E-state index in [9.17, 15) is 14.4 Å². The third-order valence-corrected chi connectivity index (χ3v) is 9.82. The molecule has 0 aromatic heterocycles. The van der Waals surface area contributed by atoms with Crippen LogP contribution < -0.4 is 0 Å². The zero-order valence-corrected chi connectivity index (χ0v) is 34.8. The van der Waals surface area contributed by atoms with Crippen molar-refractivity contribution in [1.29, 1.82) is 0 Å². The van der Waals surface area contributed by atoms with Crippen LogP contribution >= 0.6 is 0 Å². The minimum Gasteiger partial charge on any atom is -0.454 e. The minimum absolute atomic E-state index is 0.0786. The summed E-state index contributed by atoms with van der Waals surface area (Å²) in [5.41, 5.74) is 7.48. The van der Waals surface area contributed by atoms with Crippen LogP contribution in [0.1, 0.15) is 94.9 Å². The fraction of sp³-hybridized carbons (Fsp3) is 0.468. The second-order valence-electron chi connectivity index (χ2n) is 16.0. The summed E-state index contributed by atoms with van der Waals surface area (Å²) in [5, 5.41) is 0. The third-order valence-electron chi connectivity index (χ3n) is 9.82. The zero-order valence-electron chi connectivity index (χ0n) is 34.8. The van der Waals surface area contributed by atoms with Crippen LogP contribution in [0.25, 0.3) is 0 Å². The van der Waals surface area contributed by atoms with Crippen LogP contribution in [0.4, 0.5) is 0 Å². The number of methoxy groups -OCH3 is 1. The van der Waals surface area contributed by atoms with Gasteiger partial charge in [-0.2, -0.15) is 0 Å². The molecule has 0 saturated carbocycles. The molecule has 6 heteroatoms. The van der Waals surface area contributed by atoms with Crippen LogP contribution in [-0.2, 0) is 23.9 Å². The Morgan fingerprint density at radius 2 is 1.08 bits per heavy atom. The first-order valence-corrected chi connectivity index (χ1v) is 18.7. The molecule has 2 unspecified atom stereocenters. The van der Waals surface area contributed by atoms with Crippen LogP contribution in [0.3, 0.4) is 0 Å². The molecule has 0 aliphatic heterocycles. The van der Waals surface area contributed by atoms with Crippen molar-refractivity contribution in [3.8, 4) is 0 Å². The third kappa shape index (κ3) is 14.7. The van der Waals surface area contributed by atoms with Crippen LogP contribution in [0.15, 0.2) is 130 Å². The van der Waals surface area contributed by atoms with E-state index >= 15 is 0 Å². The van der Waals surface area contributed by atoms with Gasteiger partial charge in [0.1, 0.15) is 6.10 Å². The Labute approximate surface area is 320 Å². The number of hydrogen-bond acceptors (Lipinski definition) is 6. The molecule has 6 nitrogen and oxygen atoms in total. The van der Waals surface area contributed by atoms with Crippen molar-refractivity contribution in [2.45, 2.75) is 107 Å². The van der Waals surface area contributed by atoms with Crippen LogP contribution in [-0.4, -0.2) is 62.4 Å². The van der Waals surface area contributed by atoms with Gasteiger partial charge in [0.2, 0.25) is 0 Å². The highest BCUT2D eigenvalue weighted by atomic mass is 16.5. The summed E-state index contributed by atoms with van der Waals surface area (Å²) in [4.78, 5) is 40.2. The maximum atomic E-state index is 13.1. The highest BCUT2D eigenvalue weighted by Gasteiger charge is 2.40. The molecular weight excluding hydrogens is 659 g/mol. The standard InChI is InChI=1S/C47H65NO5/c1-33(21-16-23-35(3)26-28-39-37(5)44(50)41(52-13)31-46(39,7)8)19-14-15-20-34(2)22-17-24-36(4)27-29-40-38(6)45(51)42(32-47(40,9)10)53-43(49)25-18-30-48(11)12/h14-17,19-24,26-29,41-42H,18,25,30-32H2,1-13H3/b15-14+,21-16+,22-17+,28-26+,29-27+,33-19+,34-20+,35-23+,36-24+. The first-order chi connectivity index (χ1) is 24.8. The fourth-order valence-corrected chi connectivity index (χ4v) is 6.61. The Hall–Kier alpha value is -4.13. The first kappa shape index (κ1) is 45.0. The zero-order chi connectivity index (χ0) is 39.9. The van der Waals surface area contributed by atoms with Gasteiger partial charge in [-0.25, -0.2) is 0 Å². The number of esters is 1. The Kier molecular flexibility index (Phi) is 17.8. The lowest BCUT2D eigenvalue weighted by Gasteiger charge is -2.36. The van der Waals surface area contributed by atoms with Gasteiger partial charge < -0.3 is 14.4 Å². The van der Waals surface area contributed by atoms with E-state index in [1.807, 2.05) is 82.3 Å². The van der Waals surface area contributed by atoms with Gasteiger partial charge in [0.15, 0.2) is 17.7 Å². The largest absolute Gasteiger partial charge is 0.454 e. The number of rotatable bonds is 16. The van der Waals surface area contributed by atoms with E-state index in [0.717, 1.165) is 45.6 Å². The second kappa shape index (κ2) is 20.9. The van der Waals surface area contributed by atoms with Crippen molar-refractivity contribution in [1.82, 2.24) is 4.90 Å². The predicted octanol–water partition coefficient (Wildman–Crippen LogP) is 10.5. The van der Waals surface area contributed by atoms with Gasteiger partial charge >= 0.3 is 5.97 Å². The average molecular weight is 724 g/mol. The van der Waals surface area contributed by atoms with E-state index in [-0.39, 0.29) is 34.5 Å². The maximum absolute atomic E-state index is 13.1. The van der Waals surface area contributed by atoms with Gasteiger partial charge in [-0.15, -0.1) is 0 Å². The summed E-state index contributed by atoms with van der Waals surface area (Å²) in [6.45, 7) is 21.3. The molecule has 0 spiro atoms. The Morgan fingerprint density at radius 3 is 1.51 bits per heavy atom. The number of Topliss-reactive ketones (excluding diaryl/α,β-unsaturated/α-hetero) is 2. The molecular formula is C47H65NO5. The van der Waals surface area contributed by atoms with Crippen molar-refractivity contribution in [3.63, 3.8) is 0 Å². The summed E-state index contributed by atoms with van der Waals surface area (Å²) < 4.78 is 11.0. The minimum atomic E-state index is -0.726. The van der Waals surface area contributed by atoms with Crippen molar-refractivity contribution >= 4 is 17.5 Å². The second-order valence-corrected chi connectivity index (χ2v) is 16.0. The molecule has 0 heterocycles. The molecule has 2 aliphatic rings. The number of carbonyl (C=O) groups is 3.